The molecule has 0 unspecified atom stereocenters. The lowest BCUT2D eigenvalue weighted by Gasteiger charge is -2.26. The summed E-state index contributed by atoms with van der Waals surface area (Å²) >= 11 is 0. The summed E-state index contributed by atoms with van der Waals surface area (Å²) < 4.78 is 39.4. The summed E-state index contributed by atoms with van der Waals surface area (Å²) in [6.07, 6.45) is 0.778. The monoisotopic (exact) mass is 581 g/mol. The van der Waals surface area contributed by atoms with Gasteiger partial charge in [-0.3, -0.25) is 9.59 Å². The Labute approximate surface area is 240 Å². The first-order valence-electron chi connectivity index (χ1n) is 13.3. The third kappa shape index (κ3) is 8.21. The number of nitrogens with one attached hydrogen (secondary N) is 2. The van der Waals surface area contributed by atoms with Crippen LogP contribution in [0, 0.1) is 6.92 Å². The van der Waals surface area contributed by atoms with E-state index in [2.05, 4.69) is 15.5 Å². The molecule has 1 heterocycles. The maximum absolute atomic E-state index is 12.9. The number of benzene rings is 3. The van der Waals surface area contributed by atoms with E-state index >= 15 is 0 Å². The van der Waals surface area contributed by atoms with Crippen molar-refractivity contribution in [3.63, 3.8) is 0 Å². The molecule has 1 aliphatic heterocycles. The molecule has 2 amide bonds. The lowest BCUT2D eigenvalue weighted by Crippen LogP contribution is -2.40. The third-order valence-electron chi connectivity index (χ3n) is 6.83. The number of aryl methyl sites for hydroxylation is 1. The molecule has 10 nitrogen and oxygen atoms in total. The molecule has 0 aromatic heterocycles. The van der Waals surface area contributed by atoms with Crippen molar-refractivity contribution in [1.82, 2.24) is 4.90 Å². The molecule has 1 saturated heterocycles. The van der Waals surface area contributed by atoms with E-state index in [1.165, 1.54) is 14.2 Å². The first-order chi connectivity index (χ1) is 19.7. The molecule has 2 N–H and O–H groups in total. The molecule has 218 valence electrons. The SMILES string of the molecule is COc1ccc(C(=O)Nc2cc(NC(=O)c3ccc(OCCCN4CCS(=O)(=O)CC4)cc3)ccc2C)cc1OC. The summed E-state index contributed by atoms with van der Waals surface area (Å²) in [6, 6.07) is 17.1. The number of carbonyl (C=O) groups excluding carboxylic acids is 2. The van der Waals surface area contributed by atoms with Crippen molar-refractivity contribution in [2.24, 2.45) is 0 Å². The Morgan fingerprint density at radius 1 is 0.829 bits per heavy atom. The van der Waals surface area contributed by atoms with Crippen LogP contribution >= 0.6 is 0 Å². The minimum atomic E-state index is -2.87. The highest BCUT2D eigenvalue weighted by molar-refractivity contribution is 7.91. The molecule has 0 radical (unpaired) electrons. The fourth-order valence-electron chi connectivity index (χ4n) is 4.36. The van der Waals surface area contributed by atoms with Gasteiger partial charge in [0.2, 0.25) is 0 Å². The van der Waals surface area contributed by atoms with Crippen LogP contribution in [0.3, 0.4) is 0 Å². The predicted octanol–water partition coefficient (Wildman–Crippen LogP) is 4.02. The maximum Gasteiger partial charge on any atom is 0.255 e. The van der Waals surface area contributed by atoms with E-state index in [0.717, 1.165) is 18.5 Å². The number of rotatable bonds is 11. The molecule has 0 bridgehead atoms. The van der Waals surface area contributed by atoms with Gasteiger partial charge in [0.25, 0.3) is 11.8 Å². The van der Waals surface area contributed by atoms with Gasteiger partial charge in [-0.1, -0.05) is 6.07 Å². The number of nitrogens with zero attached hydrogens (tertiary/aromatic N) is 1. The topological polar surface area (TPSA) is 123 Å². The molecule has 1 aliphatic rings. The molecular formula is C30H35N3O7S. The van der Waals surface area contributed by atoms with Crippen molar-refractivity contribution in [3.8, 4) is 17.2 Å². The number of carbonyl (C=O) groups is 2. The average molecular weight is 582 g/mol. The van der Waals surface area contributed by atoms with Gasteiger partial charge >= 0.3 is 0 Å². The fourth-order valence-corrected chi connectivity index (χ4v) is 5.64. The van der Waals surface area contributed by atoms with Gasteiger partial charge in [-0.25, -0.2) is 8.42 Å². The quantitative estimate of drug-likeness (QED) is 0.326. The van der Waals surface area contributed by atoms with Crippen molar-refractivity contribution in [2.75, 3.05) is 62.6 Å². The second-order valence-corrected chi connectivity index (χ2v) is 12.0. The molecule has 0 saturated carbocycles. The molecule has 0 atom stereocenters. The smallest absolute Gasteiger partial charge is 0.255 e. The zero-order valence-electron chi connectivity index (χ0n) is 23.4. The highest BCUT2D eigenvalue weighted by Gasteiger charge is 2.21. The standard InChI is InChI=1S/C30H35N3O7S/c1-21-5-9-24(20-26(21)32-30(35)23-8-12-27(38-2)28(19-23)39-3)31-29(34)22-6-10-25(11-7-22)40-16-4-13-33-14-17-41(36,37)18-15-33/h5-12,19-20H,4,13-18H2,1-3H3,(H,31,34)(H,32,35). The van der Waals surface area contributed by atoms with Crippen LogP contribution in [0.4, 0.5) is 11.4 Å². The van der Waals surface area contributed by atoms with Gasteiger partial charge < -0.3 is 29.7 Å². The Bertz CT molecular complexity index is 1480. The second-order valence-electron chi connectivity index (χ2n) is 9.73. The summed E-state index contributed by atoms with van der Waals surface area (Å²) in [5, 5.41) is 5.76. The largest absolute Gasteiger partial charge is 0.494 e. The van der Waals surface area contributed by atoms with Crippen LogP contribution in [0.25, 0.3) is 0 Å². The van der Waals surface area contributed by atoms with Crippen molar-refractivity contribution in [1.29, 1.82) is 0 Å². The van der Waals surface area contributed by atoms with Crippen molar-refractivity contribution in [3.05, 3.63) is 77.4 Å². The number of methoxy groups -OCH3 is 2. The zero-order valence-corrected chi connectivity index (χ0v) is 24.3. The van der Waals surface area contributed by atoms with Crippen LogP contribution in [0.5, 0.6) is 17.2 Å². The zero-order chi connectivity index (χ0) is 29.4. The van der Waals surface area contributed by atoms with E-state index in [1.807, 2.05) is 13.0 Å². The van der Waals surface area contributed by atoms with Crippen LogP contribution < -0.4 is 24.8 Å². The van der Waals surface area contributed by atoms with E-state index in [-0.39, 0.29) is 23.3 Å². The second kappa shape index (κ2) is 13.5. The van der Waals surface area contributed by atoms with Gasteiger partial charge in [0.1, 0.15) is 5.75 Å². The Morgan fingerprint density at radius 2 is 1.49 bits per heavy atom. The van der Waals surface area contributed by atoms with Gasteiger partial charge in [0, 0.05) is 42.1 Å². The Morgan fingerprint density at radius 3 is 2.17 bits per heavy atom. The number of anilines is 2. The Hall–Kier alpha value is -4.09. The average Bonchev–Trinajstić information content (AvgIpc) is 2.97. The van der Waals surface area contributed by atoms with E-state index in [4.69, 9.17) is 14.2 Å². The van der Waals surface area contributed by atoms with Crippen LogP contribution in [0.1, 0.15) is 32.7 Å². The molecule has 41 heavy (non-hydrogen) atoms. The number of sulfone groups is 1. The van der Waals surface area contributed by atoms with Crippen molar-refractivity contribution < 1.29 is 32.2 Å². The van der Waals surface area contributed by atoms with Gasteiger partial charge in [0.15, 0.2) is 21.3 Å². The minimum Gasteiger partial charge on any atom is -0.494 e. The van der Waals surface area contributed by atoms with Crippen LogP contribution in [0.2, 0.25) is 0 Å². The highest BCUT2D eigenvalue weighted by atomic mass is 32.2. The molecule has 1 fully saturated rings. The lowest BCUT2D eigenvalue weighted by molar-refractivity contribution is 0.101. The normalized spacial score (nSPS) is 14.6. The number of hydrogen-bond donors (Lipinski definition) is 2. The summed E-state index contributed by atoms with van der Waals surface area (Å²) in [6.45, 7) is 4.28. The number of hydrogen-bond acceptors (Lipinski definition) is 8. The molecule has 11 heteroatoms. The molecule has 3 aromatic carbocycles. The molecule has 3 aromatic rings. The molecule has 4 rings (SSSR count). The number of amides is 2. The number of ether oxygens (including phenoxy) is 3. The van der Waals surface area contributed by atoms with Gasteiger partial charge in [0.05, 0.1) is 32.3 Å². The molecular weight excluding hydrogens is 546 g/mol. The van der Waals surface area contributed by atoms with Crippen LogP contribution in [-0.4, -0.2) is 77.1 Å². The summed E-state index contributed by atoms with van der Waals surface area (Å²) in [7, 11) is 0.161. The van der Waals surface area contributed by atoms with E-state index in [0.29, 0.717) is 59.4 Å². The Kier molecular flexibility index (Phi) is 9.85. The van der Waals surface area contributed by atoms with E-state index < -0.39 is 9.84 Å². The summed E-state index contributed by atoms with van der Waals surface area (Å²) in [4.78, 5) is 27.9. The predicted molar refractivity (Wildman–Crippen MR) is 158 cm³/mol. The molecule has 0 spiro atoms. The van der Waals surface area contributed by atoms with Crippen LogP contribution in [-0.2, 0) is 9.84 Å². The van der Waals surface area contributed by atoms with Crippen LogP contribution in [0.15, 0.2) is 60.7 Å². The minimum absolute atomic E-state index is 0.218. The maximum atomic E-state index is 12.9. The lowest BCUT2D eigenvalue weighted by atomic mass is 10.1. The van der Waals surface area contributed by atoms with Crippen molar-refractivity contribution in [2.45, 2.75) is 13.3 Å². The third-order valence-corrected chi connectivity index (χ3v) is 8.44. The fraction of sp³-hybridized carbons (Fsp3) is 0.333. The van der Waals surface area contributed by atoms with E-state index in [1.54, 1.807) is 54.6 Å². The summed E-state index contributed by atoms with van der Waals surface area (Å²) in [5.41, 5.74) is 2.80. The van der Waals surface area contributed by atoms with E-state index in [9.17, 15) is 18.0 Å². The Balaban J connectivity index is 1.29. The van der Waals surface area contributed by atoms with Gasteiger partial charge in [-0.05, 0) is 73.5 Å². The summed E-state index contributed by atoms with van der Waals surface area (Å²) in [5.74, 6) is 1.45. The molecule has 0 aliphatic carbocycles. The first kappa shape index (κ1) is 29.9. The van der Waals surface area contributed by atoms with Gasteiger partial charge in [-0.2, -0.15) is 0 Å². The highest BCUT2D eigenvalue weighted by Crippen LogP contribution is 2.28. The first-order valence-corrected chi connectivity index (χ1v) is 15.1. The van der Waals surface area contributed by atoms with Crippen molar-refractivity contribution >= 4 is 33.0 Å². The van der Waals surface area contributed by atoms with Gasteiger partial charge in [-0.15, -0.1) is 0 Å².